The van der Waals surface area contributed by atoms with Crippen LogP contribution in [0.4, 0.5) is 0 Å². The first-order valence-electron chi connectivity index (χ1n) is 8.04. The molecule has 0 amide bonds. The maximum absolute atomic E-state index is 2.82. The maximum Gasteiger partial charge on any atom is 0.138 e. The summed E-state index contributed by atoms with van der Waals surface area (Å²) in [6.45, 7) is 0. The van der Waals surface area contributed by atoms with E-state index in [4.69, 9.17) is 0 Å². The predicted molar refractivity (Wildman–Crippen MR) is 110 cm³/mol. The lowest BCUT2D eigenvalue weighted by Gasteiger charge is -2.26. The Bertz CT molecular complexity index is 609. The van der Waals surface area contributed by atoms with Crippen molar-refractivity contribution < 1.29 is 0 Å². The SMILES string of the molecule is I[Si](Cc1ccccc1)(Cc1ccccc1)Cc1ccccc1. The second-order valence-electron chi connectivity index (χ2n) is 6.14. The zero-order valence-corrected chi connectivity index (χ0v) is 16.3. The van der Waals surface area contributed by atoms with Crippen molar-refractivity contribution in [3.8, 4) is 0 Å². The van der Waals surface area contributed by atoms with E-state index in [1.807, 2.05) is 0 Å². The highest BCUT2D eigenvalue weighted by Gasteiger charge is 2.30. The van der Waals surface area contributed by atoms with E-state index in [0.717, 1.165) is 0 Å². The average Bonchev–Trinajstić information content (AvgIpc) is 2.57. The molecule has 0 unspecified atom stereocenters. The zero-order chi connectivity index (χ0) is 16.0. The molecule has 0 radical (unpaired) electrons. The first-order valence-corrected chi connectivity index (χ1v) is 13.8. The molecule has 116 valence electrons. The van der Waals surface area contributed by atoms with Crippen LogP contribution in [0.2, 0.25) is 0 Å². The van der Waals surface area contributed by atoms with Crippen LogP contribution >= 0.6 is 21.8 Å². The number of halogens is 1. The summed E-state index contributed by atoms with van der Waals surface area (Å²) in [5.74, 6) is 0. The van der Waals surface area contributed by atoms with Crippen LogP contribution < -0.4 is 0 Å². The van der Waals surface area contributed by atoms with Crippen molar-refractivity contribution in [1.29, 1.82) is 0 Å². The Labute approximate surface area is 152 Å². The molecule has 3 aromatic carbocycles. The molecule has 2 heteroatoms. The van der Waals surface area contributed by atoms with Crippen LogP contribution in [0.1, 0.15) is 16.7 Å². The second kappa shape index (κ2) is 7.93. The van der Waals surface area contributed by atoms with Crippen LogP contribution in [0.25, 0.3) is 0 Å². The van der Waals surface area contributed by atoms with Gasteiger partial charge in [0.1, 0.15) is 5.57 Å². The quantitative estimate of drug-likeness (QED) is 0.268. The Kier molecular flexibility index (Phi) is 5.68. The Balaban J connectivity index is 1.85. The van der Waals surface area contributed by atoms with Gasteiger partial charge in [-0.3, -0.25) is 0 Å². The van der Waals surface area contributed by atoms with E-state index < -0.39 is 5.57 Å². The van der Waals surface area contributed by atoms with Crippen molar-refractivity contribution in [2.75, 3.05) is 0 Å². The summed E-state index contributed by atoms with van der Waals surface area (Å²) in [7, 11) is 0. The normalized spacial score (nSPS) is 11.3. The summed E-state index contributed by atoms with van der Waals surface area (Å²) in [6, 6.07) is 36.6. The van der Waals surface area contributed by atoms with Crippen molar-refractivity contribution in [3.05, 3.63) is 108 Å². The largest absolute Gasteiger partial charge is 0.138 e. The minimum Gasteiger partial charge on any atom is -0.118 e. The van der Waals surface area contributed by atoms with E-state index in [1.165, 1.54) is 34.8 Å². The fourth-order valence-corrected chi connectivity index (χ4v) is 10.3. The van der Waals surface area contributed by atoms with Gasteiger partial charge in [-0.1, -0.05) is 91.0 Å². The van der Waals surface area contributed by atoms with E-state index >= 15 is 0 Å². The van der Waals surface area contributed by atoms with E-state index in [0.29, 0.717) is 0 Å². The summed E-state index contributed by atoms with van der Waals surface area (Å²) in [4.78, 5) is 0. The van der Waals surface area contributed by atoms with E-state index in [-0.39, 0.29) is 0 Å². The fraction of sp³-hybridized carbons (Fsp3) is 0.143. The molecule has 0 aliphatic rings. The Hall–Kier alpha value is -1.39. The van der Waals surface area contributed by atoms with Crippen molar-refractivity contribution in [2.45, 2.75) is 18.1 Å². The smallest absolute Gasteiger partial charge is 0.118 e. The van der Waals surface area contributed by atoms with Crippen LogP contribution in [-0.4, -0.2) is 5.57 Å². The van der Waals surface area contributed by atoms with Gasteiger partial charge in [0.25, 0.3) is 0 Å². The summed E-state index contributed by atoms with van der Waals surface area (Å²) in [5, 5.41) is 0. The van der Waals surface area contributed by atoms with E-state index in [1.54, 1.807) is 0 Å². The topological polar surface area (TPSA) is 0 Å². The van der Waals surface area contributed by atoms with Gasteiger partial charge in [0.15, 0.2) is 0 Å². The third-order valence-electron chi connectivity index (χ3n) is 4.09. The lowest BCUT2D eigenvalue weighted by molar-refractivity contribution is 1.18. The third kappa shape index (κ3) is 5.04. The number of rotatable bonds is 6. The van der Waals surface area contributed by atoms with Crippen molar-refractivity contribution >= 4 is 27.4 Å². The van der Waals surface area contributed by atoms with Crippen molar-refractivity contribution in [3.63, 3.8) is 0 Å². The third-order valence-corrected chi connectivity index (χ3v) is 10.6. The lowest BCUT2D eigenvalue weighted by atomic mass is 10.2. The lowest BCUT2D eigenvalue weighted by Crippen LogP contribution is -2.37. The summed E-state index contributed by atoms with van der Waals surface area (Å²) < 4.78 is 0. The molecule has 0 heterocycles. The van der Waals surface area contributed by atoms with Crippen molar-refractivity contribution in [1.82, 2.24) is 0 Å². The number of hydrogen-bond donors (Lipinski definition) is 0. The molecule has 0 spiro atoms. The van der Waals surface area contributed by atoms with Gasteiger partial charge >= 0.3 is 0 Å². The fourth-order valence-electron chi connectivity index (χ4n) is 3.07. The molecule has 0 aromatic heterocycles. The molecule has 0 aliphatic heterocycles. The molecular formula is C21H21ISi. The van der Waals surface area contributed by atoms with Gasteiger partial charge in [-0.15, -0.1) is 21.8 Å². The Morgan fingerprint density at radius 1 is 0.478 bits per heavy atom. The van der Waals surface area contributed by atoms with Gasteiger partial charge in [-0.2, -0.15) is 0 Å². The number of hydrogen-bond acceptors (Lipinski definition) is 0. The summed E-state index contributed by atoms with van der Waals surface area (Å²) in [5.41, 5.74) is 2.92. The molecule has 0 saturated carbocycles. The first kappa shape index (κ1) is 16.5. The van der Waals surface area contributed by atoms with Crippen molar-refractivity contribution in [2.24, 2.45) is 0 Å². The molecule has 0 bridgehead atoms. The van der Waals surface area contributed by atoms with Gasteiger partial charge in [-0.25, -0.2) is 0 Å². The summed E-state index contributed by atoms with van der Waals surface area (Å²) >= 11 is 2.82. The highest BCUT2D eigenvalue weighted by atomic mass is 127. The Morgan fingerprint density at radius 2 is 0.739 bits per heavy atom. The van der Waals surface area contributed by atoms with Crippen LogP contribution in [0, 0.1) is 0 Å². The molecule has 0 N–H and O–H groups in total. The standard InChI is InChI=1S/C21H21ISi/c22-23(16-19-10-4-1-5-11-19,17-20-12-6-2-7-13-20)18-21-14-8-3-9-15-21/h1-15H,16-18H2. The maximum atomic E-state index is 2.82. The van der Waals surface area contributed by atoms with Crippen LogP contribution in [-0.2, 0) is 18.1 Å². The molecule has 0 aliphatic carbocycles. The highest BCUT2D eigenvalue weighted by molar-refractivity contribution is 14.1. The monoisotopic (exact) mass is 428 g/mol. The van der Waals surface area contributed by atoms with E-state index in [2.05, 4.69) is 113 Å². The van der Waals surface area contributed by atoms with Crippen LogP contribution in [0.3, 0.4) is 0 Å². The molecule has 3 rings (SSSR count). The van der Waals surface area contributed by atoms with Crippen LogP contribution in [0.15, 0.2) is 91.0 Å². The van der Waals surface area contributed by atoms with Crippen LogP contribution in [0.5, 0.6) is 0 Å². The van der Waals surface area contributed by atoms with Gasteiger partial charge in [0.2, 0.25) is 0 Å². The van der Waals surface area contributed by atoms with Gasteiger partial charge < -0.3 is 0 Å². The molecule has 0 nitrogen and oxygen atoms in total. The Morgan fingerprint density at radius 3 is 1.00 bits per heavy atom. The highest BCUT2D eigenvalue weighted by Crippen LogP contribution is 2.28. The van der Waals surface area contributed by atoms with Gasteiger partial charge in [0, 0.05) is 0 Å². The minimum absolute atomic E-state index is 1.22. The van der Waals surface area contributed by atoms with E-state index in [9.17, 15) is 0 Å². The molecule has 0 fully saturated rings. The number of benzene rings is 3. The minimum atomic E-state index is -1.50. The van der Waals surface area contributed by atoms with Gasteiger partial charge in [0.05, 0.1) is 0 Å². The molecule has 3 aromatic rings. The molecule has 0 saturated heterocycles. The molecular weight excluding hydrogens is 407 g/mol. The second-order valence-corrected chi connectivity index (χ2v) is 16.4. The first-order chi connectivity index (χ1) is 11.2. The predicted octanol–water partition coefficient (Wildman–Crippen LogP) is 5.71. The summed E-state index contributed by atoms with van der Waals surface area (Å²) in [6.07, 6.45) is 0. The molecule has 0 atom stereocenters. The molecule has 23 heavy (non-hydrogen) atoms. The van der Waals surface area contributed by atoms with Gasteiger partial charge in [-0.05, 0) is 34.8 Å². The zero-order valence-electron chi connectivity index (χ0n) is 13.2. The average molecular weight is 428 g/mol.